The van der Waals surface area contributed by atoms with Crippen molar-refractivity contribution in [3.63, 3.8) is 0 Å². The summed E-state index contributed by atoms with van der Waals surface area (Å²) in [4.78, 5) is 11.6. The van der Waals surface area contributed by atoms with Crippen molar-refractivity contribution in [2.75, 3.05) is 6.61 Å². The number of benzene rings is 1. The van der Waals surface area contributed by atoms with Crippen LogP contribution < -0.4 is 5.46 Å². The fourth-order valence-electron chi connectivity index (χ4n) is 2.41. The normalized spacial score (nSPS) is 19.3. The predicted molar refractivity (Wildman–Crippen MR) is 87.2 cm³/mol. The maximum Gasteiger partial charge on any atom is 0.494 e. The maximum absolute atomic E-state index is 11.6. The predicted octanol–water partition coefficient (Wildman–Crippen LogP) is 2.40. The van der Waals surface area contributed by atoms with Gasteiger partial charge in [0.2, 0.25) is 0 Å². The molecule has 0 amide bonds. The van der Waals surface area contributed by atoms with Crippen LogP contribution >= 0.6 is 0 Å². The first kappa shape index (κ1) is 17.0. The van der Waals surface area contributed by atoms with Crippen molar-refractivity contribution < 1.29 is 18.8 Å². The fourth-order valence-corrected chi connectivity index (χ4v) is 2.41. The summed E-state index contributed by atoms with van der Waals surface area (Å²) in [6.07, 6.45) is 0.295. The molecule has 0 spiro atoms. The first-order valence-electron chi connectivity index (χ1n) is 7.77. The standard InChI is InChI=1S/C17H25BO4/c1-7-20-15(19)11-13-8-9-14(10-12(13)2)18-21-16(3,4)17(5,6)22-18/h8-10H,7,11H2,1-6H3. The van der Waals surface area contributed by atoms with Gasteiger partial charge in [-0.3, -0.25) is 4.79 Å². The maximum atomic E-state index is 11.6. The molecular weight excluding hydrogens is 279 g/mol. The van der Waals surface area contributed by atoms with Gasteiger partial charge in [0.15, 0.2) is 0 Å². The summed E-state index contributed by atoms with van der Waals surface area (Å²) in [7, 11) is -0.375. The Bertz CT molecular complexity index is 550. The first-order chi connectivity index (χ1) is 10.2. The Labute approximate surface area is 133 Å². The molecule has 5 heteroatoms. The molecule has 0 bridgehead atoms. The van der Waals surface area contributed by atoms with Crippen molar-refractivity contribution in [1.29, 1.82) is 0 Å². The second kappa shape index (κ2) is 6.05. The summed E-state index contributed by atoms with van der Waals surface area (Å²) in [6, 6.07) is 5.94. The molecule has 1 saturated heterocycles. The molecule has 0 N–H and O–H groups in total. The van der Waals surface area contributed by atoms with E-state index in [1.54, 1.807) is 0 Å². The molecule has 1 aromatic carbocycles. The molecule has 1 fully saturated rings. The van der Waals surface area contributed by atoms with Crippen LogP contribution in [0.15, 0.2) is 18.2 Å². The van der Waals surface area contributed by atoms with Crippen LogP contribution in [0.4, 0.5) is 0 Å². The van der Waals surface area contributed by atoms with E-state index >= 15 is 0 Å². The largest absolute Gasteiger partial charge is 0.494 e. The number of hydrogen-bond donors (Lipinski definition) is 0. The van der Waals surface area contributed by atoms with E-state index in [9.17, 15) is 4.79 Å². The van der Waals surface area contributed by atoms with Gasteiger partial charge in [-0.15, -0.1) is 0 Å². The monoisotopic (exact) mass is 304 g/mol. The minimum Gasteiger partial charge on any atom is -0.466 e. The van der Waals surface area contributed by atoms with Crippen LogP contribution in [-0.4, -0.2) is 30.9 Å². The third kappa shape index (κ3) is 3.36. The van der Waals surface area contributed by atoms with Crippen LogP contribution in [-0.2, 0) is 25.3 Å². The molecule has 22 heavy (non-hydrogen) atoms. The zero-order valence-electron chi connectivity index (χ0n) is 14.4. The van der Waals surface area contributed by atoms with E-state index in [4.69, 9.17) is 14.0 Å². The van der Waals surface area contributed by atoms with Gasteiger partial charge >= 0.3 is 13.1 Å². The summed E-state index contributed by atoms with van der Waals surface area (Å²) < 4.78 is 17.1. The lowest BCUT2D eigenvalue weighted by Gasteiger charge is -2.32. The molecule has 2 rings (SSSR count). The molecule has 1 aliphatic heterocycles. The number of carbonyl (C=O) groups excluding carboxylic acids is 1. The van der Waals surface area contributed by atoms with E-state index in [1.807, 2.05) is 59.7 Å². The van der Waals surface area contributed by atoms with Crippen LogP contribution in [0, 0.1) is 6.92 Å². The molecule has 120 valence electrons. The number of esters is 1. The van der Waals surface area contributed by atoms with E-state index in [2.05, 4.69) is 0 Å². The van der Waals surface area contributed by atoms with Crippen molar-refractivity contribution >= 4 is 18.6 Å². The van der Waals surface area contributed by atoms with Crippen molar-refractivity contribution in [3.05, 3.63) is 29.3 Å². The van der Waals surface area contributed by atoms with Crippen LogP contribution in [0.5, 0.6) is 0 Å². The molecule has 0 unspecified atom stereocenters. The fraction of sp³-hybridized carbons (Fsp3) is 0.588. The summed E-state index contributed by atoms with van der Waals surface area (Å²) in [5, 5.41) is 0. The average Bonchev–Trinajstić information content (AvgIpc) is 2.61. The Kier molecular flexibility index (Phi) is 4.69. The highest BCUT2D eigenvalue weighted by Crippen LogP contribution is 2.36. The van der Waals surface area contributed by atoms with Gasteiger partial charge in [0, 0.05) is 0 Å². The highest BCUT2D eigenvalue weighted by atomic mass is 16.7. The topological polar surface area (TPSA) is 44.8 Å². The molecule has 1 heterocycles. The van der Waals surface area contributed by atoms with Gasteiger partial charge in [-0.05, 0) is 58.1 Å². The average molecular weight is 304 g/mol. The van der Waals surface area contributed by atoms with Crippen LogP contribution in [0.1, 0.15) is 45.7 Å². The van der Waals surface area contributed by atoms with Gasteiger partial charge in [-0.25, -0.2) is 0 Å². The Balaban J connectivity index is 2.15. The Morgan fingerprint density at radius 3 is 2.27 bits per heavy atom. The van der Waals surface area contributed by atoms with Crippen molar-refractivity contribution in [2.45, 2.75) is 59.2 Å². The number of carbonyl (C=O) groups is 1. The van der Waals surface area contributed by atoms with Gasteiger partial charge < -0.3 is 14.0 Å². The SMILES string of the molecule is CCOC(=O)Cc1ccc(B2OC(C)(C)C(C)(C)O2)cc1C. The first-order valence-corrected chi connectivity index (χ1v) is 7.77. The minimum atomic E-state index is -0.375. The Morgan fingerprint density at radius 1 is 1.18 bits per heavy atom. The van der Waals surface area contributed by atoms with E-state index < -0.39 is 0 Å². The van der Waals surface area contributed by atoms with Crippen LogP contribution in [0.2, 0.25) is 0 Å². The van der Waals surface area contributed by atoms with Crippen molar-refractivity contribution in [1.82, 2.24) is 0 Å². The second-order valence-corrected chi connectivity index (χ2v) is 6.76. The number of ether oxygens (including phenoxy) is 1. The molecule has 1 aromatic rings. The van der Waals surface area contributed by atoms with E-state index in [0.29, 0.717) is 13.0 Å². The Hall–Kier alpha value is -1.33. The van der Waals surface area contributed by atoms with E-state index in [0.717, 1.165) is 16.6 Å². The third-order valence-corrected chi connectivity index (χ3v) is 4.53. The molecular formula is C17H25BO4. The minimum absolute atomic E-state index is 0.200. The van der Waals surface area contributed by atoms with Crippen molar-refractivity contribution in [2.24, 2.45) is 0 Å². The lowest BCUT2D eigenvalue weighted by atomic mass is 9.77. The highest BCUT2D eigenvalue weighted by Gasteiger charge is 2.51. The van der Waals surface area contributed by atoms with Gasteiger partial charge in [0.1, 0.15) is 0 Å². The van der Waals surface area contributed by atoms with Crippen LogP contribution in [0.3, 0.4) is 0 Å². The molecule has 0 aromatic heterocycles. The lowest BCUT2D eigenvalue weighted by Crippen LogP contribution is -2.41. The van der Waals surface area contributed by atoms with Crippen molar-refractivity contribution in [3.8, 4) is 0 Å². The zero-order chi connectivity index (χ0) is 16.5. The molecule has 0 aliphatic carbocycles. The lowest BCUT2D eigenvalue weighted by molar-refractivity contribution is -0.142. The molecule has 4 nitrogen and oxygen atoms in total. The summed E-state index contributed by atoms with van der Waals surface area (Å²) in [5.74, 6) is -0.200. The van der Waals surface area contributed by atoms with Gasteiger partial charge in [-0.1, -0.05) is 18.2 Å². The summed E-state index contributed by atoms with van der Waals surface area (Å²) >= 11 is 0. The molecule has 0 saturated carbocycles. The smallest absolute Gasteiger partial charge is 0.466 e. The zero-order valence-corrected chi connectivity index (χ0v) is 14.4. The number of hydrogen-bond acceptors (Lipinski definition) is 4. The second-order valence-electron chi connectivity index (χ2n) is 6.76. The Morgan fingerprint density at radius 2 is 1.77 bits per heavy atom. The quantitative estimate of drug-likeness (QED) is 0.633. The summed E-state index contributed by atoms with van der Waals surface area (Å²) in [6.45, 7) is 12.4. The molecule has 1 aliphatic rings. The van der Waals surface area contributed by atoms with Gasteiger partial charge in [0.25, 0.3) is 0 Å². The van der Waals surface area contributed by atoms with Gasteiger partial charge in [-0.2, -0.15) is 0 Å². The third-order valence-electron chi connectivity index (χ3n) is 4.53. The number of rotatable bonds is 4. The van der Waals surface area contributed by atoms with E-state index in [-0.39, 0.29) is 24.3 Å². The van der Waals surface area contributed by atoms with Crippen LogP contribution in [0.25, 0.3) is 0 Å². The molecule has 0 radical (unpaired) electrons. The van der Waals surface area contributed by atoms with Gasteiger partial charge in [0.05, 0.1) is 24.2 Å². The van der Waals surface area contributed by atoms with E-state index in [1.165, 1.54) is 0 Å². The number of aryl methyl sites for hydroxylation is 1. The summed E-state index contributed by atoms with van der Waals surface area (Å²) in [5.41, 5.74) is 2.28. The molecule has 0 atom stereocenters. The highest BCUT2D eigenvalue weighted by molar-refractivity contribution is 6.62.